The van der Waals surface area contributed by atoms with Crippen molar-refractivity contribution in [3.05, 3.63) is 41.7 Å². The van der Waals surface area contributed by atoms with Crippen LogP contribution in [0.25, 0.3) is 0 Å². The van der Waals surface area contributed by atoms with Gasteiger partial charge >= 0.3 is 0 Å². The van der Waals surface area contributed by atoms with Crippen LogP contribution in [0.5, 0.6) is 5.75 Å². The van der Waals surface area contributed by atoms with Crippen LogP contribution in [-0.2, 0) is 19.6 Å². The van der Waals surface area contributed by atoms with Crippen LogP contribution in [0.2, 0.25) is 0 Å². The van der Waals surface area contributed by atoms with Gasteiger partial charge in [0.15, 0.2) is 11.6 Å². The van der Waals surface area contributed by atoms with Crippen molar-refractivity contribution < 1.29 is 27.1 Å². The molecule has 3 rings (SSSR count). The summed E-state index contributed by atoms with van der Waals surface area (Å²) in [6.07, 6.45) is 8.41. The van der Waals surface area contributed by atoms with Gasteiger partial charge in [0.2, 0.25) is 21.8 Å². The summed E-state index contributed by atoms with van der Waals surface area (Å²) in [6.45, 7) is 2.20. The summed E-state index contributed by atoms with van der Waals surface area (Å²) < 4.78 is 46.9. The van der Waals surface area contributed by atoms with Gasteiger partial charge < -0.3 is 4.74 Å². The van der Waals surface area contributed by atoms with Gasteiger partial charge in [0, 0.05) is 18.4 Å². The van der Waals surface area contributed by atoms with E-state index in [1.165, 1.54) is 6.07 Å². The van der Waals surface area contributed by atoms with Gasteiger partial charge in [-0.2, -0.15) is 0 Å². The second-order valence-electron chi connectivity index (χ2n) is 8.59. The van der Waals surface area contributed by atoms with E-state index < -0.39 is 21.9 Å². The number of carbonyl (C=O) groups is 2. The molecule has 0 aromatic heterocycles. The average molecular weight is 467 g/mol. The molecule has 1 aliphatic heterocycles. The van der Waals surface area contributed by atoms with Crippen molar-refractivity contribution in [3.8, 4) is 5.75 Å². The van der Waals surface area contributed by atoms with E-state index in [9.17, 15) is 22.4 Å². The number of hydrogen-bond acceptors (Lipinski definition) is 5. The van der Waals surface area contributed by atoms with Crippen molar-refractivity contribution in [1.29, 1.82) is 0 Å². The van der Waals surface area contributed by atoms with Crippen LogP contribution in [0.15, 0.2) is 30.4 Å². The van der Waals surface area contributed by atoms with Gasteiger partial charge in [0.05, 0.1) is 12.4 Å². The molecule has 32 heavy (non-hydrogen) atoms. The Kier molecular flexibility index (Phi) is 8.42. The van der Waals surface area contributed by atoms with E-state index in [2.05, 4.69) is 10.0 Å². The monoisotopic (exact) mass is 466 g/mol. The summed E-state index contributed by atoms with van der Waals surface area (Å²) >= 11 is 0. The molecule has 0 radical (unpaired) electrons. The molecular formula is C23H31FN2O5S. The third-order valence-corrected chi connectivity index (χ3v) is 7.22. The first-order valence-electron chi connectivity index (χ1n) is 11.1. The summed E-state index contributed by atoms with van der Waals surface area (Å²) in [6, 6.07) is 3.90. The van der Waals surface area contributed by atoms with E-state index in [-0.39, 0.29) is 29.2 Å². The summed E-state index contributed by atoms with van der Waals surface area (Å²) in [7, 11) is -3.53. The molecule has 1 aromatic carbocycles. The zero-order chi connectivity index (χ0) is 23.1. The number of halogens is 1. The first-order chi connectivity index (χ1) is 15.2. The minimum Gasteiger partial charge on any atom is -0.490 e. The molecular weight excluding hydrogens is 435 g/mol. The van der Waals surface area contributed by atoms with E-state index in [0.717, 1.165) is 12.8 Å². The fourth-order valence-electron chi connectivity index (χ4n) is 3.56. The number of sulfonamides is 1. The summed E-state index contributed by atoms with van der Waals surface area (Å²) in [5.41, 5.74) is 0.639. The minimum atomic E-state index is -3.53. The smallest absolute Gasteiger partial charge is 0.229 e. The van der Waals surface area contributed by atoms with Gasteiger partial charge in [-0.25, -0.2) is 17.5 Å². The fourth-order valence-corrected chi connectivity index (χ4v) is 4.80. The third-order valence-electron chi connectivity index (χ3n) is 5.74. The minimum absolute atomic E-state index is 0.0709. The number of ether oxygens (including phenoxy) is 1. The Morgan fingerprint density at radius 2 is 1.97 bits per heavy atom. The predicted molar refractivity (Wildman–Crippen MR) is 119 cm³/mol. The zero-order valence-corrected chi connectivity index (χ0v) is 19.1. The molecule has 2 aliphatic rings. The standard InChI is InChI=1S/C23H31FN2O5S/c1-16(19-9-11-20(24)21(14-19)31-15-17-7-8-17)26-32(29,30)13-5-3-2-4-6-18-10-12-22(27)25-23(18)28/h2-3,9,11,14,16-18,26H,4-8,10,12-13,15H2,1H3,(H,25,27,28)/b3-2+/t16-,18?/m1/s1. The highest BCUT2D eigenvalue weighted by molar-refractivity contribution is 7.89. The third kappa shape index (κ3) is 7.70. The first-order valence-corrected chi connectivity index (χ1v) is 12.8. The van der Waals surface area contributed by atoms with Crippen LogP contribution in [0.3, 0.4) is 0 Å². The highest BCUT2D eigenvalue weighted by atomic mass is 32.2. The maximum Gasteiger partial charge on any atom is 0.229 e. The largest absolute Gasteiger partial charge is 0.490 e. The molecule has 2 fully saturated rings. The Hall–Kier alpha value is -2.26. The normalized spacial score (nSPS) is 20.4. The Morgan fingerprint density at radius 1 is 1.22 bits per heavy atom. The number of hydrogen-bond donors (Lipinski definition) is 2. The molecule has 2 atom stereocenters. The van der Waals surface area contributed by atoms with E-state index in [1.807, 2.05) is 6.08 Å². The number of benzene rings is 1. The van der Waals surface area contributed by atoms with Crippen molar-refractivity contribution in [2.75, 3.05) is 12.4 Å². The lowest BCUT2D eigenvalue weighted by Gasteiger charge is -2.19. The summed E-state index contributed by atoms with van der Waals surface area (Å²) in [4.78, 5) is 22.9. The van der Waals surface area contributed by atoms with Gasteiger partial charge in [-0.1, -0.05) is 18.2 Å². The van der Waals surface area contributed by atoms with E-state index in [0.29, 0.717) is 50.2 Å². The lowest BCUT2D eigenvalue weighted by molar-refractivity contribution is -0.136. The van der Waals surface area contributed by atoms with Gasteiger partial charge in [-0.15, -0.1) is 0 Å². The molecule has 1 saturated carbocycles. The van der Waals surface area contributed by atoms with Crippen LogP contribution in [0, 0.1) is 17.7 Å². The van der Waals surface area contributed by atoms with Crippen LogP contribution < -0.4 is 14.8 Å². The molecule has 1 saturated heterocycles. The molecule has 1 unspecified atom stereocenters. The topological polar surface area (TPSA) is 102 Å². The molecule has 2 N–H and O–H groups in total. The lowest BCUT2D eigenvalue weighted by Crippen LogP contribution is -2.40. The number of rotatable bonds is 12. The molecule has 0 bridgehead atoms. The van der Waals surface area contributed by atoms with Gasteiger partial charge in [-0.3, -0.25) is 14.9 Å². The van der Waals surface area contributed by atoms with Gasteiger partial charge in [0.1, 0.15) is 0 Å². The number of piperidine rings is 1. The predicted octanol–water partition coefficient (Wildman–Crippen LogP) is 3.37. The van der Waals surface area contributed by atoms with Crippen molar-refractivity contribution in [2.45, 2.75) is 57.9 Å². The number of imide groups is 1. The Morgan fingerprint density at radius 3 is 2.69 bits per heavy atom. The Labute approximate surface area is 188 Å². The number of allylic oxidation sites excluding steroid dienone is 2. The van der Waals surface area contributed by atoms with E-state index in [4.69, 9.17) is 4.74 Å². The number of amides is 2. The maximum atomic E-state index is 14.0. The molecule has 176 valence electrons. The molecule has 0 spiro atoms. The molecule has 1 heterocycles. The van der Waals surface area contributed by atoms with Crippen molar-refractivity contribution in [1.82, 2.24) is 10.0 Å². The highest BCUT2D eigenvalue weighted by Crippen LogP contribution is 2.31. The zero-order valence-electron chi connectivity index (χ0n) is 18.3. The molecule has 1 aromatic rings. The molecule has 7 nitrogen and oxygen atoms in total. The van der Waals surface area contributed by atoms with Crippen LogP contribution in [0.4, 0.5) is 4.39 Å². The van der Waals surface area contributed by atoms with Gasteiger partial charge in [0.25, 0.3) is 0 Å². The van der Waals surface area contributed by atoms with E-state index >= 15 is 0 Å². The number of carbonyl (C=O) groups excluding carboxylic acids is 2. The van der Waals surface area contributed by atoms with Crippen LogP contribution in [-0.4, -0.2) is 32.6 Å². The van der Waals surface area contributed by atoms with Crippen LogP contribution >= 0.6 is 0 Å². The average Bonchev–Trinajstić information content (AvgIpc) is 3.55. The van der Waals surface area contributed by atoms with E-state index in [1.54, 1.807) is 25.1 Å². The Bertz CT molecular complexity index is 959. The second kappa shape index (κ2) is 11.0. The SMILES string of the molecule is C[C@@H](NS(=O)(=O)CC/C=C/CCC1CCC(=O)NC1=O)c1ccc(F)c(OCC2CC2)c1. The highest BCUT2D eigenvalue weighted by Gasteiger charge is 2.25. The molecule has 9 heteroatoms. The summed E-state index contributed by atoms with van der Waals surface area (Å²) in [5, 5.41) is 2.34. The van der Waals surface area contributed by atoms with Gasteiger partial charge in [-0.05, 0) is 69.1 Å². The first kappa shape index (κ1) is 24.4. The number of nitrogens with one attached hydrogen (secondary N) is 2. The molecule has 2 amide bonds. The van der Waals surface area contributed by atoms with Crippen molar-refractivity contribution >= 4 is 21.8 Å². The second-order valence-corrected chi connectivity index (χ2v) is 10.5. The van der Waals surface area contributed by atoms with Crippen LogP contribution in [0.1, 0.15) is 63.5 Å². The summed E-state index contributed by atoms with van der Waals surface area (Å²) in [5.74, 6) is -0.498. The quantitative estimate of drug-likeness (QED) is 0.363. The Balaban J connectivity index is 1.41. The lowest BCUT2D eigenvalue weighted by atomic mass is 9.93. The maximum absolute atomic E-state index is 14.0. The molecule has 1 aliphatic carbocycles. The van der Waals surface area contributed by atoms with Crippen molar-refractivity contribution in [3.63, 3.8) is 0 Å². The van der Waals surface area contributed by atoms with Crippen molar-refractivity contribution in [2.24, 2.45) is 11.8 Å². The fraction of sp³-hybridized carbons (Fsp3) is 0.565.